The number of rotatable bonds is 7. The highest BCUT2D eigenvalue weighted by Crippen LogP contribution is 2.26. The molecule has 2 rings (SSSR count). The van der Waals surface area contributed by atoms with E-state index in [1.54, 1.807) is 7.11 Å². The van der Waals surface area contributed by atoms with Crippen molar-refractivity contribution in [3.05, 3.63) is 11.7 Å². The van der Waals surface area contributed by atoms with E-state index >= 15 is 0 Å². The van der Waals surface area contributed by atoms with Crippen molar-refractivity contribution in [3.8, 4) is 0 Å². The number of amides is 1. The molecule has 0 N–H and O–H groups in total. The zero-order chi connectivity index (χ0) is 15.1. The number of hydrogen-bond acceptors (Lipinski definition) is 5. The second kappa shape index (κ2) is 8.12. The van der Waals surface area contributed by atoms with Crippen LogP contribution in [-0.4, -0.2) is 47.8 Å². The Morgan fingerprint density at radius 1 is 1.52 bits per heavy atom. The largest absolute Gasteiger partial charge is 0.384 e. The summed E-state index contributed by atoms with van der Waals surface area (Å²) < 4.78 is 10.4. The maximum absolute atomic E-state index is 12.1. The minimum Gasteiger partial charge on any atom is -0.384 e. The van der Waals surface area contributed by atoms with E-state index in [1.807, 2.05) is 4.90 Å². The van der Waals surface area contributed by atoms with Gasteiger partial charge in [0.05, 0.1) is 18.9 Å². The Bertz CT molecular complexity index is 447. The molecule has 0 saturated carbocycles. The summed E-state index contributed by atoms with van der Waals surface area (Å²) >= 11 is 0. The third kappa shape index (κ3) is 4.52. The fourth-order valence-electron chi connectivity index (χ4n) is 2.62. The van der Waals surface area contributed by atoms with Crippen molar-refractivity contribution in [3.63, 3.8) is 0 Å². The van der Waals surface area contributed by atoms with Crippen LogP contribution in [0.2, 0.25) is 0 Å². The van der Waals surface area contributed by atoms with Crippen LogP contribution >= 0.6 is 0 Å². The van der Waals surface area contributed by atoms with Gasteiger partial charge in [0.2, 0.25) is 11.8 Å². The number of carbonyl (C=O) groups is 1. The lowest BCUT2D eigenvalue weighted by molar-refractivity contribution is -0.133. The molecule has 0 unspecified atom stereocenters. The summed E-state index contributed by atoms with van der Waals surface area (Å²) in [5.74, 6) is 1.79. The van der Waals surface area contributed by atoms with E-state index < -0.39 is 0 Å². The van der Waals surface area contributed by atoms with Gasteiger partial charge in [0, 0.05) is 26.6 Å². The van der Waals surface area contributed by atoms with Crippen LogP contribution in [0.5, 0.6) is 0 Å². The summed E-state index contributed by atoms with van der Waals surface area (Å²) in [7, 11) is 1.61. The van der Waals surface area contributed by atoms with Crippen LogP contribution in [0, 0.1) is 0 Å². The standard InChI is InChI=1S/C15H25N3O3/c1-3-4-7-13-16-15(21-17-13)12-6-5-9-18(11-12)14(19)8-10-20-2/h12H,3-11H2,1-2H3/t12-/m0/s1. The molecule has 6 heteroatoms. The third-order valence-corrected chi connectivity index (χ3v) is 3.88. The normalized spacial score (nSPS) is 19.0. The molecule has 6 nitrogen and oxygen atoms in total. The Labute approximate surface area is 125 Å². The van der Waals surface area contributed by atoms with Gasteiger partial charge in [-0.2, -0.15) is 4.98 Å². The van der Waals surface area contributed by atoms with Crippen LogP contribution in [0.4, 0.5) is 0 Å². The molecule has 1 fully saturated rings. The van der Waals surface area contributed by atoms with E-state index in [-0.39, 0.29) is 11.8 Å². The van der Waals surface area contributed by atoms with Gasteiger partial charge in [0.1, 0.15) is 0 Å². The van der Waals surface area contributed by atoms with Gasteiger partial charge in [0.15, 0.2) is 5.82 Å². The summed E-state index contributed by atoms with van der Waals surface area (Å²) in [6.45, 7) is 4.11. The first kappa shape index (κ1) is 15.9. The van der Waals surface area contributed by atoms with Crippen LogP contribution in [0.25, 0.3) is 0 Å². The summed E-state index contributed by atoms with van der Waals surface area (Å²) in [4.78, 5) is 18.4. The predicted molar refractivity (Wildman–Crippen MR) is 78.0 cm³/mol. The molecule has 0 bridgehead atoms. The number of piperidine rings is 1. The first-order chi connectivity index (χ1) is 10.2. The molecule has 0 spiro atoms. The first-order valence-electron chi connectivity index (χ1n) is 7.83. The molecule has 2 heterocycles. The van der Waals surface area contributed by atoms with Crippen molar-refractivity contribution in [1.29, 1.82) is 0 Å². The number of aromatic nitrogens is 2. The number of nitrogens with zero attached hydrogens (tertiary/aromatic N) is 3. The first-order valence-corrected chi connectivity index (χ1v) is 7.83. The van der Waals surface area contributed by atoms with Crippen LogP contribution in [0.1, 0.15) is 56.7 Å². The minimum atomic E-state index is 0.146. The highest BCUT2D eigenvalue weighted by Gasteiger charge is 2.28. The van der Waals surface area contributed by atoms with Crippen LogP contribution in [0.3, 0.4) is 0 Å². The van der Waals surface area contributed by atoms with E-state index in [9.17, 15) is 4.79 Å². The maximum Gasteiger partial charge on any atom is 0.231 e. The molecule has 1 aromatic rings. The van der Waals surface area contributed by atoms with Gasteiger partial charge in [-0.05, 0) is 19.3 Å². The van der Waals surface area contributed by atoms with Gasteiger partial charge in [-0.15, -0.1) is 0 Å². The van der Waals surface area contributed by atoms with Crippen molar-refractivity contribution < 1.29 is 14.1 Å². The molecule has 1 atom stereocenters. The molecule has 1 aromatic heterocycles. The maximum atomic E-state index is 12.1. The number of likely N-dealkylation sites (tertiary alicyclic amines) is 1. The summed E-state index contributed by atoms with van der Waals surface area (Å²) in [5.41, 5.74) is 0. The highest BCUT2D eigenvalue weighted by atomic mass is 16.5. The zero-order valence-electron chi connectivity index (χ0n) is 13.0. The smallest absolute Gasteiger partial charge is 0.231 e. The monoisotopic (exact) mass is 295 g/mol. The number of aryl methyl sites for hydroxylation is 1. The van der Waals surface area contributed by atoms with E-state index in [2.05, 4.69) is 17.1 Å². The molecule has 0 aliphatic carbocycles. The van der Waals surface area contributed by atoms with Crippen molar-refractivity contribution in [2.45, 2.75) is 51.4 Å². The molecular formula is C15H25N3O3. The van der Waals surface area contributed by atoms with Gasteiger partial charge >= 0.3 is 0 Å². The SMILES string of the molecule is CCCCc1noc([C@H]2CCCN(C(=O)CCOC)C2)n1. The Morgan fingerprint density at radius 2 is 2.38 bits per heavy atom. The number of ether oxygens (including phenoxy) is 1. The molecular weight excluding hydrogens is 270 g/mol. The quantitative estimate of drug-likeness (QED) is 0.771. The van der Waals surface area contributed by atoms with E-state index in [4.69, 9.17) is 9.26 Å². The lowest BCUT2D eigenvalue weighted by atomic mass is 9.97. The average molecular weight is 295 g/mol. The molecule has 118 valence electrons. The van der Waals surface area contributed by atoms with E-state index in [0.29, 0.717) is 25.5 Å². The molecule has 21 heavy (non-hydrogen) atoms. The fourth-order valence-corrected chi connectivity index (χ4v) is 2.62. The van der Waals surface area contributed by atoms with Crippen LogP contribution in [0.15, 0.2) is 4.52 Å². The average Bonchev–Trinajstić information content (AvgIpc) is 2.99. The second-order valence-electron chi connectivity index (χ2n) is 5.57. The molecule has 1 aliphatic rings. The summed E-state index contributed by atoms with van der Waals surface area (Å²) in [6.07, 6.45) is 5.48. The summed E-state index contributed by atoms with van der Waals surface area (Å²) in [6, 6.07) is 0. The van der Waals surface area contributed by atoms with Crippen molar-refractivity contribution in [1.82, 2.24) is 15.0 Å². The van der Waals surface area contributed by atoms with Crippen molar-refractivity contribution >= 4 is 5.91 Å². The van der Waals surface area contributed by atoms with Gasteiger partial charge in [-0.3, -0.25) is 4.79 Å². The van der Waals surface area contributed by atoms with Gasteiger partial charge in [0.25, 0.3) is 0 Å². The minimum absolute atomic E-state index is 0.146. The summed E-state index contributed by atoms with van der Waals surface area (Å²) in [5, 5.41) is 4.04. The van der Waals surface area contributed by atoms with Crippen LogP contribution in [-0.2, 0) is 16.0 Å². The molecule has 1 amide bonds. The van der Waals surface area contributed by atoms with Crippen LogP contribution < -0.4 is 0 Å². The number of carbonyl (C=O) groups excluding carboxylic acids is 1. The van der Waals surface area contributed by atoms with Crippen molar-refractivity contribution in [2.24, 2.45) is 0 Å². The molecule has 0 radical (unpaired) electrons. The Morgan fingerprint density at radius 3 is 3.14 bits per heavy atom. The molecule has 0 aromatic carbocycles. The Balaban J connectivity index is 1.91. The van der Waals surface area contributed by atoms with Gasteiger partial charge in [-0.1, -0.05) is 18.5 Å². The third-order valence-electron chi connectivity index (χ3n) is 3.88. The van der Waals surface area contributed by atoms with Gasteiger partial charge < -0.3 is 14.2 Å². The van der Waals surface area contributed by atoms with E-state index in [1.165, 1.54) is 0 Å². The lowest BCUT2D eigenvalue weighted by Gasteiger charge is -2.31. The zero-order valence-corrected chi connectivity index (χ0v) is 13.0. The number of hydrogen-bond donors (Lipinski definition) is 0. The number of methoxy groups -OCH3 is 1. The Hall–Kier alpha value is -1.43. The molecule has 1 saturated heterocycles. The topological polar surface area (TPSA) is 68.5 Å². The van der Waals surface area contributed by atoms with Gasteiger partial charge in [-0.25, -0.2) is 0 Å². The fraction of sp³-hybridized carbons (Fsp3) is 0.800. The number of unbranched alkanes of at least 4 members (excludes halogenated alkanes) is 1. The highest BCUT2D eigenvalue weighted by molar-refractivity contribution is 5.76. The lowest BCUT2D eigenvalue weighted by Crippen LogP contribution is -2.39. The van der Waals surface area contributed by atoms with Crippen molar-refractivity contribution in [2.75, 3.05) is 26.8 Å². The predicted octanol–water partition coefficient (Wildman–Crippen LogP) is 2.15. The molecule has 1 aliphatic heterocycles. The van der Waals surface area contributed by atoms with E-state index in [0.717, 1.165) is 44.5 Å². The Kier molecular flexibility index (Phi) is 6.17. The second-order valence-corrected chi connectivity index (χ2v) is 5.57.